The minimum atomic E-state index is 0.267. The van der Waals surface area contributed by atoms with E-state index in [0.29, 0.717) is 18.2 Å². The molecule has 1 N–H and O–H groups in total. The summed E-state index contributed by atoms with van der Waals surface area (Å²) >= 11 is 0. The Morgan fingerprint density at radius 1 is 1.00 bits per heavy atom. The largest absolute Gasteiger partial charge is 0.363 e. The predicted octanol–water partition coefficient (Wildman–Crippen LogP) is 3.99. The Hall–Kier alpha value is -2.62. The van der Waals surface area contributed by atoms with E-state index in [1.54, 1.807) is 4.90 Å². The molecule has 2 aromatic carbocycles. The van der Waals surface area contributed by atoms with Crippen molar-refractivity contribution in [1.82, 2.24) is 9.80 Å². The van der Waals surface area contributed by atoms with Crippen molar-refractivity contribution in [3.05, 3.63) is 71.3 Å². The van der Waals surface area contributed by atoms with Gasteiger partial charge in [-0.25, -0.2) is 0 Å². The number of nitrogens with one attached hydrogen (secondary N) is 1. The number of aryl methyl sites for hydroxylation is 1. The van der Waals surface area contributed by atoms with Gasteiger partial charge in [-0.3, -0.25) is 10.2 Å². The van der Waals surface area contributed by atoms with E-state index in [1.165, 1.54) is 5.56 Å². The molecule has 1 amide bonds. The third kappa shape index (κ3) is 5.44. The molecule has 0 saturated carbocycles. The molecule has 1 aliphatic rings. The lowest BCUT2D eigenvalue weighted by atomic mass is 9.90. The second-order valence-electron chi connectivity index (χ2n) is 7.95. The summed E-state index contributed by atoms with van der Waals surface area (Å²) in [6.45, 7) is 1.77. The lowest BCUT2D eigenvalue weighted by Gasteiger charge is -2.32. The topological polar surface area (TPSA) is 47.4 Å². The van der Waals surface area contributed by atoms with Crippen LogP contribution in [0.5, 0.6) is 0 Å². The van der Waals surface area contributed by atoms with Gasteiger partial charge < -0.3 is 9.80 Å². The Morgan fingerprint density at radius 2 is 1.64 bits per heavy atom. The number of benzene rings is 2. The molecular weight excluding hydrogens is 346 g/mol. The Kier molecular flexibility index (Phi) is 6.85. The van der Waals surface area contributed by atoms with E-state index in [4.69, 9.17) is 5.41 Å². The summed E-state index contributed by atoms with van der Waals surface area (Å²) in [5.74, 6) is 1.45. The lowest BCUT2D eigenvalue weighted by Crippen LogP contribution is -2.39. The fraction of sp³-hybridized carbons (Fsp3) is 0.417. The number of amides is 1. The molecule has 1 heterocycles. The highest BCUT2D eigenvalue weighted by atomic mass is 16.2. The molecule has 0 aromatic heterocycles. The summed E-state index contributed by atoms with van der Waals surface area (Å²) in [6.07, 6.45) is 4.65. The van der Waals surface area contributed by atoms with Crippen molar-refractivity contribution in [2.24, 2.45) is 5.92 Å². The smallest absolute Gasteiger partial charge is 0.222 e. The maximum atomic E-state index is 12.6. The van der Waals surface area contributed by atoms with Crippen LogP contribution in [0.3, 0.4) is 0 Å². The molecule has 0 aliphatic carbocycles. The molecule has 0 unspecified atom stereocenters. The predicted molar refractivity (Wildman–Crippen MR) is 115 cm³/mol. The number of amidine groups is 1. The van der Waals surface area contributed by atoms with E-state index < -0.39 is 0 Å². The minimum Gasteiger partial charge on any atom is -0.363 e. The monoisotopic (exact) mass is 377 g/mol. The van der Waals surface area contributed by atoms with Gasteiger partial charge in [0.2, 0.25) is 5.91 Å². The molecule has 1 aliphatic heterocycles. The summed E-state index contributed by atoms with van der Waals surface area (Å²) in [5.41, 5.74) is 3.46. The molecule has 0 bridgehead atoms. The van der Waals surface area contributed by atoms with Gasteiger partial charge in [0.25, 0.3) is 0 Å². The lowest BCUT2D eigenvalue weighted by molar-refractivity contribution is -0.132. The molecular formula is C24H31N3O. The van der Waals surface area contributed by atoms with Gasteiger partial charge in [-0.15, -0.1) is 0 Å². The van der Waals surface area contributed by atoms with E-state index in [-0.39, 0.29) is 5.91 Å². The van der Waals surface area contributed by atoms with Crippen LogP contribution in [0.15, 0.2) is 54.6 Å². The standard InChI is InChI=1S/C24H31N3O/c1-26(2)24(25)22-11-8-19(9-12-22)10-13-23(28)27-16-14-21(15-17-27)18-20-6-4-3-5-7-20/h3-9,11-12,21,25H,10,13-18H2,1-2H3. The molecule has 3 rings (SSSR count). The van der Waals surface area contributed by atoms with E-state index in [1.807, 2.05) is 43.3 Å². The average Bonchev–Trinajstić information content (AvgIpc) is 2.73. The molecule has 0 radical (unpaired) electrons. The summed E-state index contributed by atoms with van der Waals surface area (Å²) in [6, 6.07) is 18.7. The molecule has 2 aromatic rings. The zero-order valence-corrected chi connectivity index (χ0v) is 17.0. The highest BCUT2D eigenvalue weighted by Gasteiger charge is 2.22. The number of rotatable bonds is 6. The Bertz CT molecular complexity index is 775. The molecule has 0 spiro atoms. The van der Waals surface area contributed by atoms with Crippen LogP contribution >= 0.6 is 0 Å². The van der Waals surface area contributed by atoms with Crippen molar-refractivity contribution in [3.63, 3.8) is 0 Å². The molecule has 4 heteroatoms. The number of hydrogen-bond acceptors (Lipinski definition) is 2. The zero-order valence-electron chi connectivity index (χ0n) is 17.0. The normalized spacial score (nSPS) is 14.7. The molecule has 0 atom stereocenters. The number of carbonyl (C=O) groups excluding carboxylic acids is 1. The highest BCUT2D eigenvalue weighted by molar-refractivity contribution is 5.96. The first kappa shape index (κ1) is 20.1. The van der Waals surface area contributed by atoms with Gasteiger partial charge in [0, 0.05) is 39.2 Å². The summed E-state index contributed by atoms with van der Waals surface area (Å²) in [5, 5.41) is 8.01. The Labute approximate surface area is 168 Å². The van der Waals surface area contributed by atoms with Crippen LogP contribution in [-0.4, -0.2) is 48.7 Å². The molecule has 1 saturated heterocycles. The number of piperidine rings is 1. The molecule has 148 valence electrons. The van der Waals surface area contributed by atoms with Crippen LogP contribution in [0.2, 0.25) is 0 Å². The SMILES string of the molecule is CN(C)C(=N)c1ccc(CCC(=O)N2CCC(Cc3ccccc3)CC2)cc1. The van der Waals surface area contributed by atoms with Crippen LogP contribution in [0.1, 0.15) is 36.0 Å². The van der Waals surface area contributed by atoms with E-state index in [0.717, 1.165) is 49.9 Å². The van der Waals surface area contributed by atoms with E-state index >= 15 is 0 Å². The van der Waals surface area contributed by atoms with Gasteiger partial charge in [0.1, 0.15) is 5.84 Å². The molecule has 1 fully saturated rings. The van der Waals surface area contributed by atoms with E-state index in [9.17, 15) is 4.79 Å². The second kappa shape index (κ2) is 9.54. The van der Waals surface area contributed by atoms with Crippen LogP contribution in [0, 0.1) is 11.3 Å². The average molecular weight is 378 g/mol. The Balaban J connectivity index is 1.43. The van der Waals surface area contributed by atoms with E-state index in [2.05, 4.69) is 30.3 Å². The first-order valence-electron chi connectivity index (χ1n) is 10.2. The van der Waals surface area contributed by atoms with Gasteiger partial charge in [-0.2, -0.15) is 0 Å². The zero-order chi connectivity index (χ0) is 19.9. The van der Waals surface area contributed by atoms with Crippen LogP contribution in [0.4, 0.5) is 0 Å². The quantitative estimate of drug-likeness (QED) is 0.611. The first-order valence-corrected chi connectivity index (χ1v) is 10.2. The number of likely N-dealkylation sites (tertiary alicyclic amines) is 1. The first-order chi connectivity index (χ1) is 13.5. The van der Waals surface area contributed by atoms with Crippen molar-refractivity contribution >= 4 is 11.7 Å². The number of nitrogens with zero attached hydrogens (tertiary/aromatic N) is 2. The third-order valence-electron chi connectivity index (χ3n) is 5.64. The second-order valence-corrected chi connectivity index (χ2v) is 7.95. The van der Waals surface area contributed by atoms with Gasteiger partial charge in [0.15, 0.2) is 0 Å². The van der Waals surface area contributed by atoms with Crippen molar-refractivity contribution in [1.29, 1.82) is 5.41 Å². The highest BCUT2D eigenvalue weighted by Crippen LogP contribution is 2.22. The van der Waals surface area contributed by atoms with Gasteiger partial charge in [-0.1, -0.05) is 54.6 Å². The molecule has 28 heavy (non-hydrogen) atoms. The summed E-state index contributed by atoms with van der Waals surface area (Å²) < 4.78 is 0. The van der Waals surface area contributed by atoms with Gasteiger partial charge in [-0.05, 0) is 42.7 Å². The van der Waals surface area contributed by atoms with Crippen LogP contribution in [0.25, 0.3) is 0 Å². The summed E-state index contributed by atoms with van der Waals surface area (Å²) in [7, 11) is 3.75. The van der Waals surface area contributed by atoms with Crippen molar-refractivity contribution in [2.75, 3.05) is 27.2 Å². The fourth-order valence-electron chi connectivity index (χ4n) is 3.83. The summed E-state index contributed by atoms with van der Waals surface area (Å²) in [4.78, 5) is 16.4. The molecule has 4 nitrogen and oxygen atoms in total. The van der Waals surface area contributed by atoms with Crippen LogP contribution < -0.4 is 0 Å². The Morgan fingerprint density at radius 3 is 2.25 bits per heavy atom. The maximum absolute atomic E-state index is 12.6. The van der Waals surface area contributed by atoms with Crippen molar-refractivity contribution in [2.45, 2.75) is 32.1 Å². The van der Waals surface area contributed by atoms with Crippen LogP contribution in [-0.2, 0) is 17.6 Å². The maximum Gasteiger partial charge on any atom is 0.222 e. The van der Waals surface area contributed by atoms with Gasteiger partial charge in [0.05, 0.1) is 0 Å². The minimum absolute atomic E-state index is 0.267. The number of carbonyl (C=O) groups is 1. The van der Waals surface area contributed by atoms with Gasteiger partial charge >= 0.3 is 0 Å². The number of hydrogen-bond donors (Lipinski definition) is 1. The van der Waals surface area contributed by atoms with Crippen molar-refractivity contribution < 1.29 is 4.79 Å². The third-order valence-corrected chi connectivity index (χ3v) is 5.64. The van der Waals surface area contributed by atoms with Crippen molar-refractivity contribution in [3.8, 4) is 0 Å². The fourth-order valence-corrected chi connectivity index (χ4v) is 3.83.